The highest BCUT2D eigenvalue weighted by Gasteiger charge is 2.44. The summed E-state index contributed by atoms with van der Waals surface area (Å²) in [6, 6.07) is 30.7. The number of halogens is 4. The molecule has 4 rings (SSSR count). The molecule has 0 atom stereocenters. The predicted molar refractivity (Wildman–Crippen MR) is 120 cm³/mol. The molecule has 0 unspecified atom stereocenters. The molecule has 0 aliphatic carbocycles. The molecule has 1 N–H and O–H groups in total. The normalized spacial score (nSPS) is 11.8. The van der Waals surface area contributed by atoms with Crippen LogP contribution in [0.2, 0.25) is 0 Å². The number of carbonyl (C=O) groups excluding carboxylic acids is 1. The summed E-state index contributed by atoms with van der Waals surface area (Å²) in [6.45, 7) is 0. The summed E-state index contributed by atoms with van der Waals surface area (Å²) in [6.07, 6.45) is -5.23. The summed E-state index contributed by atoms with van der Waals surface area (Å²) in [7, 11) is 0. The minimum Gasteiger partial charge on any atom is -0.367 e. The first-order valence-corrected chi connectivity index (χ1v) is 10.2. The minimum atomic E-state index is -5.23. The van der Waals surface area contributed by atoms with Crippen LogP contribution in [0.1, 0.15) is 27.0 Å². The van der Waals surface area contributed by atoms with Gasteiger partial charge in [-0.15, -0.1) is 0 Å². The molecule has 0 aliphatic rings. The van der Waals surface area contributed by atoms with Crippen molar-refractivity contribution in [2.75, 3.05) is 5.32 Å². The van der Waals surface area contributed by atoms with Gasteiger partial charge in [-0.1, -0.05) is 97.1 Å². The Labute approximate surface area is 188 Å². The Morgan fingerprint density at radius 2 is 1.03 bits per heavy atom. The second-order valence-electron chi connectivity index (χ2n) is 7.46. The fourth-order valence-corrected chi connectivity index (χ4v) is 3.98. The molecule has 0 saturated heterocycles. The number of ketones is 1. The summed E-state index contributed by atoms with van der Waals surface area (Å²) in [5, 5.41) is 3.14. The van der Waals surface area contributed by atoms with E-state index in [-0.39, 0.29) is 5.69 Å². The van der Waals surface area contributed by atoms with Crippen molar-refractivity contribution >= 4 is 11.5 Å². The molecule has 0 bridgehead atoms. The third kappa shape index (κ3) is 4.24. The van der Waals surface area contributed by atoms with Crippen LogP contribution in [0.3, 0.4) is 0 Å². The summed E-state index contributed by atoms with van der Waals surface area (Å²) in [4.78, 5) is 12.2. The summed E-state index contributed by atoms with van der Waals surface area (Å²) < 4.78 is 54.7. The van der Waals surface area contributed by atoms with E-state index < -0.39 is 28.9 Å². The molecule has 0 radical (unpaired) electrons. The van der Waals surface area contributed by atoms with Crippen LogP contribution in [0.4, 0.5) is 23.2 Å². The second-order valence-corrected chi connectivity index (χ2v) is 7.46. The molecule has 0 amide bonds. The summed E-state index contributed by atoms with van der Waals surface area (Å²) in [5.41, 5.74) is -0.393. The highest BCUT2D eigenvalue weighted by Crippen LogP contribution is 2.41. The first-order valence-electron chi connectivity index (χ1n) is 10.2. The van der Waals surface area contributed by atoms with Crippen molar-refractivity contribution in [1.82, 2.24) is 0 Å². The third-order valence-corrected chi connectivity index (χ3v) is 5.44. The van der Waals surface area contributed by atoms with Crippen LogP contribution in [0.25, 0.3) is 0 Å². The number of benzene rings is 4. The van der Waals surface area contributed by atoms with Gasteiger partial charge in [0, 0.05) is 5.69 Å². The zero-order valence-electron chi connectivity index (χ0n) is 17.3. The number of Topliss-reactive ketones (excluding diaryl/α,β-unsaturated/α-hetero) is 1. The van der Waals surface area contributed by atoms with Crippen LogP contribution >= 0.6 is 0 Å². The van der Waals surface area contributed by atoms with Crippen molar-refractivity contribution in [3.63, 3.8) is 0 Å². The number of anilines is 1. The van der Waals surface area contributed by atoms with E-state index in [9.17, 15) is 22.4 Å². The Kier molecular flexibility index (Phi) is 6.01. The van der Waals surface area contributed by atoms with E-state index in [1.165, 1.54) is 12.1 Å². The molecule has 0 fully saturated rings. The number of hydrogen-bond donors (Lipinski definition) is 1. The number of hydrogen-bond acceptors (Lipinski definition) is 2. The maximum Gasteiger partial charge on any atom is 0.455 e. The molecule has 6 heteroatoms. The molecule has 33 heavy (non-hydrogen) atoms. The molecule has 4 aromatic carbocycles. The van der Waals surface area contributed by atoms with Crippen LogP contribution in [0.5, 0.6) is 0 Å². The van der Waals surface area contributed by atoms with Gasteiger partial charge in [-0.05, 0) is 28.8 Å². The molecule has 0 spiro atoms. The van der Waals surface area contributed by atoms with Crippen molar-refractivity contribution in [3.05, 3.63) is 137 Å². The van der Waals surface area contributed by atoms with Gasteiger partial charge in [0.2, 0.25) is 0 Å². The van der Waals surface area contributed by atoms with Crippen LogP contribution in [-0.4, -0.2) is 12.0 Å². The van der Waals surface area contributed by atoms with Gasteiger partial charge >= 0.3 is 6.18 Å². The maximum absolute atomic E-state index is 14.7. The Balaban J connectivity index is 2.03. The molecule has 2 nitrogen and oxygen atoms in total. The smallest absolute Gasteiger partial charge is 0.367 e. The van der Waals surface area contributed by atoms with E-state index in [0.29, 0.717) is 16.7 Å². The van der Waals surface area contributed by atoms with Crippen molar-refractivity contribution in [2.45, 2.75) is 11.7 Å². The van der Waals surface area contributed by atoms with E-state index in [1.807, 2.05) is 91.0 Å². The van der Waals surface area contributed by atoms with E-state index in [1.54, 1.807) is 0 Å². The molecule has 0 aliphatic heterocycles. The first-order chi connectivity index (χ1) is 15.8. The first kappa shape index (κ1) is 22.3. The Morgan fingerprint density at radius 1 is 0.606 bits per heavy atom. The fraction of sp³-hybridized carbons (Fsp3) is 0.0741. The lowest BCUT2D eigenvalue weighted by molar-refractivity contribution is -0.0887. The number of nitrogens with one attached hydrogen (secondary N) is 1. The van der Waals surface area contributed by atoms with Gasteiger partial charge in [0.05, 0.1) is 5.56 Å². The Morgan fingerprint density at radius 3 is 1.42 bits per heavy atom. The lowest BCUT2D eigenvalue weighted by Crippen LogP contribution is -2.39. The monoisotopic (exact) mass is 449 g/mol. The van der Waals surface area contributed by atoms with Crippen LogP contribution < -0.4 is 5.32 Å². The Bertz CT molecular complexity index is 1140. The van der Waals surface area contributed by atoms with Gasteiger partial charge in [-0.2, -0.15) is 13.2 Å². The van der Waals surface area contributed by atoms with Gasteiger partial charge in [0.25, 0.3) is 5.78 Å². The van der Waals surface area contributed by atoms with Crippen LogP contribution in [0, 0.1) is 5.82 Å². The van der Waals surface area contributed by atoms with Crippen LogP contribution in [-0.2, 0) is 5.54 Å². The van der Waals surface area contributed by atoms with Crippen molar-refractivity contribution in [2.24, 2.45) is 0 Å². The molecule has 166 valence electrons. The second kappa shape index (κ2) is 8.90. The maximum atomic E-state index is 14.7. The van der Waals surface area contributed by atoms with Gasteiger partial charge < -0.3 is 5.32 Å². The number of rotatable bonds is 6. The quantitative estimate of drug-likeness (QED) is 0.196. The average Bonchev–Trinajstić information content (AvgIpc) is 2.83. The van der Waals surface area contributed by atoms with Crippen molar-refractivity contribution in [1.29, 1.82) is 0 Å². The number of alkyl halides is 3. The molecule has 0 saturated carbocycles. The molecular weight excluding hydrogens is 430 g/mol. The number of carbonyl (C=O) groups is 1. The van der Waals surface area contributed by atoms with Crippen LogP contribution in [0.15, 0.2) is 109 Å². The van der Waals surface area contributed by atoms with E-state index in [2.05, 4.69) is 5.32 Å². The topological polar surface area (TPSA) is 29.1 Å². The van der Waals surface area contributed by atoms with Gasteiger partial charge in [0.1, 0.15) is 11.4 Å². The van der Waals surface area contributed by atoms with Gasteiger partial charge in [-0.25, -0.2) is 4.39 Å². The van der Waals surface area contributed by atoms with Crippen molar-refractivity contribution < 1.29 is 22.4 Å². The third-order valence-electron chi connectivity index (χ3n) is 5.44. The highest BCUT2D eigenvalue weighted by atomic mass is 19.4. The Hall–Kier alpha value is -3.93. The molecule has 4 aromatic rings. The van der Waals surface area contributed by atoms with Gasteiger partial charge in [0.15, 0.2) is 0 Å². The molecule has 0 aromatic heterocycles. The van der Waals surface area contributed by atoms with Gasteiger partial charge in [-0.3, -0.25) is 4.79 Å². The fourth-order valence-electron chi connectivity index (χ4n) is 3.98. The van der Waals surface area contributed by atoms with Crippen molar-refractivity contribution in [3.8, 4) is 0 Å². The largest absolute Gasteiger partial charge is 0.455 e. The highest BCUT2D eigenvalue weighted by molar-refractivity contribution is 6.05. The lowest BCUT2D eigenvalue weighted by Gasteiger charge is -2.38. The molecular formula is C27H19F4NO. The SMILES string of the molecule is O=C(c1c(F)cccc1NC(c1ccccc1)(c1ccccc1)c1ccccc1)C(F)(F)F. The summed E-state index contributed by atoms with van der Waals surface area (Å²) >= 11 is 0. The van der Waals surface area contributed by atoms with E-state index in [4.69, 9.17) is 0 Å². The minimum absolute atomic E-state index is 0.256. The molecule has 0 heterocycles. The summed E-state index contributed by atoms with van der Waals surface area (Å²) in [5.74, 6) is -3.49. The average molecular weight is 449 g/mol. The zero-order valence-corrected chi connectivity index (χ0v) is 17.3. The zero-order chi connectivity index (χ0) is 23.5. The standard InChI is InChI=1S/C27H19F4NO/c28-22-17-10-18-23(24(22)25(33)27(29,30)31)32-26(19-11-4-1-5-12-19,20-13-6-2-7-14-20)21-15-8-3-9-16-21/h1-18,32H. The lowest BCUT2D eigenvalue weighted by atomic mass is 9.76. The van der Waals surface area contributed by atoms with E-state index in [0.717, 1.165) is 6.07 Å². The van der Waals surface area contributed by atoms with E-state index >= 15 is 0 Å². The predicted octanol–water partition coefficient (Wildman–Crippen LogP) is 6.97.